The Morgan fingerprint density at radius 1 is 0.806 bits per heavy atom. The Balaban J connectivity index is 1.45. The third kappa shape index (κ3) is 8.60. The van der Waals surface area contributed by atoms with Gasteiger partial charge in [-0.1, -0.05) is 84.1 Å². The first-order valence-corrected chi connectivity index (χ1v) is 13.9. The largest absolute Gasteiger partial charge is 0.494 e. The van der Waals surface area contributed by atoms with Crippen LogP contribution in [-0.4, -0.2) is 12.6 Å². The van der Waals surface area contributed by atoms with Gasteiger partial charge in [-0.3, -0.25) is 0 Å². The highest BCUT2D eigenvalue weighted by molar-refractivity contribution is 5.91. The molecule has 2 aromatic rings. The molecule has 0 unspecified atom stereocenters. The standard InChI is InChI=1S/C31H42F2O3/c1-3-5-6-7-8-9-23-10-12-24(13-11-23)14-15-25-18-21-28(30(33)29(25)32)36-31(34)26-16-19-27(20-17-26)35-22-4-2/h16-21,23-24H,3-15,22H2,1-2H3. The number of carbonyl (C=O) groups is 1. The average molecular weight is 501 g/mol. The molecule has 198 valence electrons. The molecule has 0 N–H and O–H groups in total. The van der Waals surface area contributed by atoms with E-state index in [1.165, 1.54) is 70.3 Å². The van der Waals surface area contributed by atoms with Gasteiger partial charge in [0, 0.05) is 0 Å². The van der Waals surface area contributed by atoms with Crippen LogP contribution in [0.2, 0.25) is 0 Å². The number of ether oxygens (including phenoxy) is 2. The number of benzene rings is 2. The fraction of sp³-hybridized carbons (Fsp3) is 0.581. The van der Waals surface area contributed by atoms with E-state index in [1.54, 1.807) is 30.3 Å². The van der Waals surface area contributed by atoms with Gasteiger partial charge < -0.3 is 9.47 Å². The predicted octanol–water partition coefficient (Wildman–Crippen LogP) is 9.07. The number of halogens is 2. The molecule has 3 rings (SSSR count). The Labute approximate surface area is 215 Å². The zero-order valence-electron chi connectivity index (χ0n) is 22.0. The molecule has 3 nitrogen and oxygen atoms in total. The monoisotopic (exact) mass is 500 g/mol. The van der Waals surface area contributed by atoms with Crippen molar-refractivity contribution in [2.45, 2.75) is 97.3 Å². The van der Waals surface area contributed by atoms with Gasteiger partial charge in [0.1, 0.15) is 5.75 Å². The number of carbonyl (C=O) groups excluding carboxylic acids is 1. The summed E-state index contributed by atoms with van der Waals surface area (Å²) in [6, 6.07) is 9.33. The van der Waals surface area contributed by atoms with E-state index in [-0.39, 0.29) is 11.3 Å². The maximum absolute atomic E-state index is 14.7. The van der Waals surface area contributed by atoms with Crippen LogP contribution >= 0.6 is 0 Å². The van der Waals surface area contributed by atoms with Crippen LogP contribution in [0.15, 0.2) is 36.4 Å². The molecule has 1 saturated carbocycles. The molecule has 2 aromatic carbocycles. The first-order valence-electron chi connectivity index (χ1n) is 13.9. The molecule has 36 heavy (non-hydrogen) atoms. The van der Waals surface area contributed by atoms with Crippen molar-refractivity contribution in [3.8, 4) is 11.5 Å². The van der Waals surface area contributed by atoms with Crippen molar-refractivity contribution in [1.29, 1.82) is 0 Å². The Kier molecular flexibility index (Phi) is 11.7. The van der Waals surface area contributed by atoms with Gasteiger partial charge in [0.25, 0.3) is 0 Å². The van der Waals surface area contributed by atoms with E-state index in [0.29, 0.717) is 30.3 Å². The molecule has 0 aliphatic heterocycles. The van der Waals surface area contributed by atoms with E-state index in [0.717, 1.165) is 18.8 Å². The molecule has 0 radical (unpaired) electrons. The molecular weight excluding hydrogens is 458 g/mol. The highest BCUT2D eigenvalue weighted by Crippen LogP contribution is 2.35. The van der Waals surface area contributed by atoms with Crippen LogP contribution in [0.4, 0.5) is 8.78 Å². The molecule has 0 saturated heterocycles. The summed E-state index contributed by atoms with van der Waals surface area (Å²) >= 11 is 0. The van der Waals surface area contributed by atoms with Gasteiger partial charge in [0.2, 0.25) is 5.82 Å². The second kappa shape index (κ2) is 15.0. The van der Waals surface area contributed by atoms with E-state index < -0.39 is 17.6 Å². The number of unbranched alkanes of at least 4 members (excludes halogenated alkanes) is 4. The van der Waals surface area contributed by atoms with Gasteiger partial charge in [-0.2, -0.15) is 4.39 Å². The SMILES string of the molecule is CCCCCCCC1CCC(CCc2ccc(OC(=O)c3ccc(OCCC)cc3)c(F)c2F)CC1. The van der Waals surface area contributed by atoms with Crippen LogP contribution in [0.5, 0.6) is 11.5 Å². The van der Waals surface area contributed by atoms with Gasteiger partial charge in [0.15, 0.2) is 11.6 Å². The van der Waals surface area contributed by atoms with Gasteiger partial charge in [0.05, 0.1) is 12.2 Å². The highest BCUT2D eigenvalue weighted by Gasteiger charge is 2.23. The van der Waals surface area contributed by atoms with Crippen molar-refractivity contribution in [2.75, 3.05) is 6.61 Å². The van der Waals surface area contributed by atoms with Crippen LogP contribution in [0.25, 0.3) is 0 Å². The van der Waals surface area contributed by atoms with E-state index in [2.05, 4.69) is 6.92 Å². The summed E-state index contributed by atoms with van der Waals surface area (Å²) < 4.78 is 40.1. The van der Waals surface area contributed by atoms with Gasteiger partial charge in [-0.25, -0.2) is 9.18 Å². The van der Waals surface area contributed by atoms with Gasteiger partial charge >= 0.3 is 5.97 Å². The number of esters is 1. The molecule has 0 heterocycles. The topological polar surface area (TPSA) is 35.5 Å². The van der Waals surface area contributed by atoms with Crippen molar-refractivity contribution in [1.82, 2.24) is 0 Å². The van der Waals surface area contributed by atoms with Crippen molar-refractivity contribution >= 4 is 5.97 Å². The van der Waals surface area contributed by atoms with Crippen LogP contribution in [0, 0.1) is 23.5 Å². The molecule has 5 heteroatoms. The van der Waals surface area contributed by atoms with Gasteiger partial charge in [-0.05, 0) is 67.0 Å². The van der Waals surface area contributed by atoms with Crippen molar-refractivity contribution in [3.05, 3.63) is 59.2 Å². The summed E-state index contributed by atoms with van der Waals surface area (Å²) in [5.41, 5.74) is 0.599. The van der Waals surface area contributed by atoms with Crippen LogP contribution in [0.1, 0.15) is 107 Å². The zero-order chi connectivity index (χ0) is 25.8. The molecule has 1 aliphatic carbocycles. The Hall–Kier alpha value is -2.43. The zero-order valence-corrected chi connectivity index (χ0v) is 22.0. The first kappa shape index (κ1) is 28.1. The van der Waals surface area contributed by atoms with Crippen molar-refractivity contribution < 1.29 is 23.0 Å². The maximum atomic E-state index is 14.7. The van der Waals surface area contributed by atoms with Gasteiger partial charge in [-0.15, -0.1) is 0 Å². The minimum absolute atomic E-state index is 0.249. The molecule has 0 aromatic heterocycles. The van der Waals surface area contributed by atoms with Crippen LogP contribution < -0.4 is 9.47 Å². The smallest absolute Gasteiger partial charge is 0.343 e. The van der Waals surface area contributed by atoms with Crippen molar-refractivity contribution in [2.24, 2.45) is 11.8 Å². The first-order chi connectivity index (χ1) is 17.5. The Morgan fingerprint density at radius 3 is 2.14 bits per heavy atom. The lowest BCUT2D eigenvalue weighted by Gasteiger charge is -2.28. The molecule has 0 bridgehead atoms. The molecule has 1 aliphatic rings. The number of aryl methyl sites for hydroxylation is 1. The molecule has 0 amide bonds. The summed E-state index contributed by atoms with van der Waals surface area (Å²) in [7, 11) is 0. The molecule has 1 fully saturated rings. The Morgan fingerprint density at radius 2 is 1.47 bits per heavy atom. The Bertz CT molecular complexity index is 934. The third-order valence-electron chi connectivity index (χ3n) is 7.40. The number of rotatable bonds is 14. The maximum Gasteiger partial charge on any atom is 0.343 e. The second-order valence-electron chi connectivity index (χ2n) is 10.2. The van der Waals surface area contributed by atoms with E-state index in [4.69, 9.17) is 9.47 Å². The summed E-state index contributed by atoms with van der Waals surface area (Å²) in [6.07, 6.45) is 15.2. The molecular formula is C31H42F2O3. The summed E-state index contributed by atoms with van der Waals surface area (Å²) in [5.74, 6) is -1.07. The predicted molar refractivity (Wildman–Crippen MR) is 141 cm³/mol. The number of hydrogen-bond donors (Lipinski definition) is 0. The van der Waals surface area contributed by atoms with Crippen LogP contribution in [-0.2, 0) is 6.42 Å². The number of hydrogen-bond acceptors (Lipinski definition) is 3. The second-order valence-corrected chi connectivity index (χ2v) is 10.2. The minimum Gasteiger partial charge on any atom is -0.494 e. The summed E-state index contributed by atoms with van der Waals surface area (Å²) in [5, 5.41) is 0. The van der Waals surface area contributed by atoms with E-state index in [9.17, 15) is 13.6 Å². The summed E-state index contributed by atoms with van der Waals surface area (Å²) in [4.78, 5) is 12.4. The van der Waals surface area contributed by atoms with Crippen LogP contribution in [0.3, 0.4) is 0 Å². The third-order valence-corrected chi connectivity index (χ3v) is 7.40. The fourth-order valence-electron chi connectivity index (χ4n) is 5.11. The lowest BCUT2D eigenvalue weighted by molar-refractivity contribution is 0.0726. The average Bonchev–Trinajstić information content (AvgIpc) is 2.90. The quantitative estimate of drug-likeness (QED) is 0.147. The minimum atomic E-state index is -1.10. The normalized spacial score (nSPS) is 17.7. The molecule has 0 atom stereocenters. The molecule has 0 spiro atoms. The fourth-order valence-corrected chi connectivity index (χ4v) is 5.11. The van der Waals surface area contributed by atoms with E-state index in [1.807, 2.05) is 6.92 Å². The van der Waals surface area contributed by atoms with Crippen molar-refractivity contribution in [3.63, 3.8) is 0 Å². The van der Waals surface area contributed by atoms with E-state index >= 15 is 0 Å². The lowest BCUT2D eigenvalue weighted by Crippen LogP contribution is -2.15. The lowest BCUT2D eigenvalue weighted by atomic mass is 9.77. The summed E-state index contributed by atoms with van der Waals surface area (Å²) in [6.45, 7) is 4.84. The highest BCUT2D eigenvalue weighted by atomic mass is 19.2.